The zero-order chi connectivity index (χ0) is 13.2. The molecule has 1 aliphatic rings. The topological polar surface area (TPSA) is 73.2 Å². The molecule has 0 aromatic heterocycles. The minimum absolute atomic E-state index is 0.0298. The molecule has 1 aliphatic heterocycles. The highest BCUT2D eigenvalue weighted by molar-refractivity contribution is 7.90. The number of nitrogens with one attached hydrogen (secondary N) is 1. The molecule has 1 fully saturated rings. The van der Waals surface area contributed by atoms with E-state index in [1.165, 1.54) is 10.4 Å². The van der Waals surface area contributed by atoms with Crippen molar-refractivity contribution in [1.29, 1.82) is 5.26 Å². The van der Waals surface area contributed by atoms with Gasteiger partial charge in [0.15, 0.2) is 0 Å². The maximum absolute atomic E-state index is 12.9. The molecule has 7 heteroatoms. The van der Waals surface area contributed by atoms with E-state index in [2.05, 4.69) is 4.72 Å². The van der Waals surface area contributed by atoms with Crippen LogP contribution in [0.2, 0.25) is 0 Å². The maximum atomic E-state index is 12.9. The Morgan fingerprint density at radius 2 is 2.00 bits per heavy atom. The van der Waals surface area contributed by atoms with E-state index in [4.69, 9.17) is 5.26 Å². The fourth-order valence-corrected chi connectivity index (χ4v) is 3.15. The first kappa shape index (κ1) is 12.8. The van der Waals surface area contributed by atoms with Gasteiger partial charge >= 0.3 is 10.2 Å². The van der Waals surface area contributed by atoms with Crippen molar-refractivity contribution in [3.05, 3.63) is 29.6 Å². The molecule has 1 saturated heterocycles. The molecule has 0 saturated carbocycles. The molecule has 1 heterocycles. The van der Waals surface area contributed by atoms with Crippen LogP contribution in [0.25, 0.3) is 0 Å². The van der Waals surface area contributed by atoms with Crippen molar-refractivity contribution in [2.45, 2.75) is 12.8 Å². The highest BCUT2D eigenvalue weighted by Gasteiger charge is 2.25. The molecule has 1 N–H and O–H groups in total. The fraction of sp³-hybridized carbons (Fsp3) is 0.364. The largest absolute Gasteiger partial charge is 0.301 e. The number of hydrogen-bond donors (Lipinski definition) is 1. The molecule has 0 bridgehead atoms. The van der Waals surface area contributed by atoms with E-state index in [0.717, 1.165) is 25.0 Å². The summed E-state index contributed by atoms with van der Waals surface area (Å²) in [5.74, 6) is -0.573. The van der Waals surface area contributed by atoms with Crippen LogP contribution in [0.15, 0.2) is 18.2 Å². The van der Waals surface area contributed by atoms with E-state index < -0.39 is 16.0 Å². The highest BCUT2D eigenvalue weighted by atomic mass is 32.2. The van der Waals surface area contributed by atoms with Gasteiger partial charge in [0.1, 0.15) is 11.9 Å². The zero-order valence-electron chi connectivity index (χ0n) is 9.56. The lowest BCUT2D eigenvalue weighted by molar-refractivity contribution is 0.482. The van der Waals surface area contributed by atoms with Crippen molar-refractivity contribution >= 4 is 15.9 Å². The summed E-state index contributed by atoms with van der Waals surface area (Å²) < 4.78 is 40.5. The molecule has 0 amide bonds. The summed E-state index contributed by atoms with van der Waals surface area (Å²) >= 11 is 0. The van der Waals surface area contributed by atoms with Gasteiger partial charge in [0.2, 0.25) is 0 Å². The van der Waals surface area contributed by atoms with Crippen molar-refractivity contribution in [3.8, 4) is 6.07 Å². The van der Waals surface area contributed by atoms with Crippen LogP contribution in [0, 0.1) is 17.1 Å². The molecule has 0 unspecified atom stereocenters. The molecular formula is C11H12FN3O2S. The third kappa shape index (κ3) is 2.60. The van der Waals surface area contributed by atoms with Gasteiger partial charge in [-0.25, -0.2) is 4.39 Å². The van der Waals surface area contributed by atoms with Crippen molar-refractivity contribution in [2.24, 2.45) is 0 Å². The number of hydrogen-bond acceptors (Lipinski definition) is 3. The van der Waals surface area contributed by atoms with E-state index in [0.29, 0.717) is 13.1 Å². The Morgan fingerprint density at radius 3 is 2.61 bits per heavy atom. The van der Waals surface area contributed by atoms with Gasteiger partial charge < -0.3 is 0 Å². The van der Waals surface area contributed by atoms with Crippen LogP contribution in [-0.2, 0) is 10.2 Å². The minimum Gasteiger partial charge on any atom is -0.270 e. The predicted molar refractivity (Wildman–Crippen MR) is 64.5 cm³/mol. The molecule has 0 aliphatic carbocycles. The van der Waals surface area contributed by atoms with Crippen LogP contribution < -0.4 is 4.72 Å². The Kier molecular flexibility index (Phi) is 3.50. The summed E-state index contributed by atoms with van der Waals surface area (Å²) in [5, 5.41) is 8.84. The SMILES string of the molecule is N#Cc1cc(F)ccc1NS(=O)(=O)N1CCCC1. The quantitative estimate of drug-likeness (QED) is 0.902. The number of halogens is 1. The average molecular weight is 269 g/mol. The number of benzene rings is 1. The lowest BCUT2D eigenvalue weighted by Gasteiger charge is -2.17. The third-order valence-electron chi connectivity index (χ3n) is 2.75. The third-order valence-corrected chi connectivity index (χ3v) is 4.27. The molecule has 1 aromatic carbocycles. The predicted octanol–water partition coefficient (Wildman–Crippen LogP) is 1.45. The van der Waals surface area contributed by atoms with E-state index in [-0.39, 0.29) is 11.3 Å². The van der Waals surface area contributed by atoms with E-state index >= 15 is 0 Å². The molecule has 1 aromatic rings. The van der Waals surface area contributed by atoms with Gasteiger partial charge in [-0.05, 0) is 31.0 Å². The first-order chi connectivity index (χ1) is 8.53. The van der Waals surface area contributed by atoms with Crippen LogP contribution in [0.1, 0.15) is 18.4 Å². The second-order valence-corrected chi connectivity index (χ2v) is 5.69. The first-order valence-corrected chi connectivity index (χ1v) is 6.94. The van der Waals surface area contributed by atoms with Gasteiger partial charge in [-0.2, -0.15) is 18.0 Å². The molecule has 2 rings (SSSR count). The van der Waals surface area contributed by atoms with Gasteiger partial charge in [0.25, 0.3) is 0 Å². The summed E-state index contributed by atoms with van der Waals surface area (Å²) in [7, 11) is -3.65. The summed E-state index contributed by atoms with van der Waals surface area (Å²) in [6, 6.07) is 5.13. The Labute approximate surface area is 105 Å². The fourth-order valence-electron chi connectivity index (χ4n) is 1.83. The minimum atomic E-state index is -3.65. The summed E-state index contributed by atoms with van der Waals surface area (Å²) in [5.41, 5.74) is 0.0728. The Hall–Kier alpha value is -1.65. The van der Waals surface area contributed by atoms with Gasteiger partial charge in [0, 0.05) is 13.1 Å². The van der Waals surface area contributed by atoms with Gasteiger partial charge in [0.05, 0.1) is 11.3 Å². The van der Waals surface area contributed by atoms with Crippen LogP contribution >= 0.6 is 0 Å². The molecule has 0 atom stereocenters. The normalized spacial score (nSPS) is 16.4. The van der Waals surface area contributed by atoms with Crippen molar-refractivity contribution < 1.29 is 12.8 Å². The lowest BCUT2D eigenvalue weighted by Crippen LogP contribution is -2.33. The zero-order valence-corrected chi connectivity index (χ0v) is 10.4. The van der Waals surface area contributed by atoms with Crippen LogP contribution in [-0.4, -0.2) is 25.8 Å². The van der Waals surface area contributed by atoms with Crippen LogP contribution in [0.4, 0.5) is 10.1 Å². The number of rotatable bonds is 3. The Morgan fingerprint density at radius 1 is 1.33 bits per heavy atom. The lowest BCUT2D eigenvalue weighted by atomic mass is 10.2. The molecule has 18 heavy (non-hydrogen) atoms. The summed E-state index contributed by atoms with van der Waals surface area (Å²) in [6.07, 6.45) is 1.66. The average Bonchev–Trinajstić information content (AvgIpc) is 2.85. The molecule has 0 spiro atoms. The van der Waals surface area contributed by atoms with Gasteiger partial charge in [-0.15, -0.1) is 0 Å². The van der Waals surface area contributed by atoms with Gasteiger partial charge in [-0.3, -0.25) is 4.72 Å². The molecule has 96 valence electrons. The van der Waals surface area contributed by atoms with E-state index in [1.807, 2.05) is 0 Å². The number of nitrogens with zero attached hydrogens (tertiary/aromatic N) is 2. The van der Waals surface area contributed by atoms with Crippen LogP contribution in [0.3, 0.4) is 0 Å². The van der Waals surface area contributed by atoms with Crippen LogP contribution in [0.5, 0.6) is 0 Å². The first-order valence-electron chi connectivity index (χ1n) is 5.50. The number of anilines is 1. The number of nitriles is 1. The second-order valence-electron chi connectivity index (χ2n) is 4.01. The Balaban J connectivity index is 2.26. The maximum Gasteiger partial charge on any atom is 0.301 e. The molecular weight excluding hydrogens is 257 g/mol. The second kappa shape index (κ2) is 4.92. The van der Waals surface area contributed by atoms with Gasteiger partial charge in [-0.1, -0.05) is 0 Å². The summed E-state index contributed by atoms with van der Waals surface area (Å²) in [4.78, 5) is 0. The molecule has 0 radical (unpaired) electrons. The van der Waals surface area contributed by atoms with Crippen molar-refractivity contribution in [1.82, 2.24) is 4.31 Å². The highest BCUT2D eigenvalue weighted by Crippen LogP contribution is 2.20. The molecule has 5 nitrogen and oxygen atoms in total. The Bertz CT molecular complexity index is 589. The van der Waals surface area contributed by atoms with Crippen molar-refractivity contribution in [3.63, 3.8) is 0 Å². The smallest absolute Gasteiger partial charge is 0.270 e. The van der Waals surface area contributed by atoms with E-state index in [1.54, 1.807) is 6.07 Å². The standard InChI is InChI=1S/C11H12FN3O2S/c12-10-3-4-11(9(7-10)8-13)14-18(16,17)15-5-1-2-6-15/h3-4,7,14H,1-2,5-6H2. The summed E-state index contributed by atoms with van der Waals surface area (Å²) in [6.45, 7) is 0.941. The monoisotopic (exact) mass is 269 g/mol. The van der Waals surface area contributed by atoms with Crippen molar-refractivity contribution in [2.75, 3.05) is 17.8 Å². The van der Waals surface area contributed by atoms with E-state index in [9.17, 15) is 12.8 Å².